The Labute approximate surface area is 244 Å². The van der Waals surface area contributed by atoms with Gasteiger partial charge in [-0.3, -0.25) is 0 Å². The molecule has 1 unspecified atom stereocenters. The van der Waals surface area contributed by atoms with Crippen LogP contribution in [-0.2, 0) is 13.0 Å². The second-order valence-electron chi connectivity index (χ2n) is 13.9. The molecule has 220 valence electrons. The molecular formula is C34H53N3O2Si. The molecule has 0 bridgehead atoms. The van der Waals surface area contributed by atoms with Crippen LogP contribution in [-0.4, -0.2) is 28.9 Å². The summed E-state index contributed by atoms with van der Waals surface area (Å²) >= 11 is 0. The molecule has 3 aromatic rings. The maximum Gasteiger partial charge on any atom is 0.250 e. The fraction of sp³-hybridized carbons (Fsp3) is 0.647. The molecule has 1 aliphatic rings. The van der Waals surface area contributed by atoms with Crippen LogP contribution < -0.4 is 9.16 Å². The summed E-state index contributed by atoms with van der Waals surface area (Å²) in [6.45, 7) is 21.5. The highest BCUT2D eigenvalue weighted by Gasteiger charge is 2.41. The van der Waals surface area contributed by atoms with Crippen molar-refractivity contribution in [3.8, 4) is 11.5 Å². The van der Waals surface area contributed by atoms with Gasteiger partial charge in [0, 0.05) is 5.56 Å². The minimum Gasteiger partial charge on any atom is -0.543 e. The van der Waals surface area contributed by atoms with Gasteiger partial charge < -0.3 is 9.16 Å². The van der Waals surface area contributed by atoms with Crippen LogP contribution in [0.5, 0.6) is 11.5 Å². The summed E-state index contributed by atoms with van der Waals surface area (Å²) in [4.78, 5) is 1.86. The molecule has 0 amide bonds. The lowest BCUT2D eigenvalue weighted by Gasteiger charge is -2.41. The highest BCUT2D eigenvalue weighted by atomic mass is 28.4. The van der Waals surface area contributed by atoms with E-state index in [1.165, 1.54) is 60.8 Å². The average Bonchev–Trinajstić information content (AvgIpc) is 3.31. The van der Waals surface area contributed by atoms with E-state index in [-0.39, 0.29) is 10.6 Å². The summed E-state index contributed by atoms with van der Waals surface area (Å²) in [5.74, 6) is 2.25. The van der Waals surface area contributed by atoms with Crippen LogP contribution in [0.4, 0.5) is 0 Å². The summed E-state index contributed by atoms with van der Waals surface area (Å²) in [7, 11) is -1.91. The molecule has 40 heavy (non-hydrogen) atoms. The van der Waals surface area contributed by atoms with Crippen LogP contribution >= 0.6 is 0 Å². The number of aromatic nitrogens is 3. The van der Waals surface area contributed by atoms with Gasteiger partial charge in [0.15, 0.2) is 0 Å². The van der Waals surface area contributed by atoms with Crippen LogP contribution in [0.1, 0.15) is 108 Å². The number of hydrogen-bond acceptors (Lipinski definition) is 4. The van der Waals surface area contributed by atoms with Gasteiger partial charge in [-0.1, -0.05) is 65.0 Å². The molecule has 1 aliphatic heterocycles. The van der Waals surface area contributed by atoms with Crippen LogP contribution in [0.15, 0.2) is 24.3 Å². The zero-order valence-electron chi connectivity index (χ0n) is 26.7. The number of aryl methyl sites for hydroxylation is 1. The number of rotatable bonds is 12. The van der Waals surface area contributed by atoms with E-state index in [1.54, 1.807) is 0 Å². The Hall–Kier alpha value is -2.34. The Morgan fingerprint density at radius 1 is 0.875 bits per heavy atom. The van der Waals surface area contributed by atoms with Crippen LogP contribution in [0.25, 0.3) is 11.0 Å². The van der Waals surface area contributed by atoms with E-state index < -0.39 is 8.32 Å². The zero-order chi connectivity index (χ0) is 29.1. The Bertz CT molecular complexity index is 1270. The van der Waals surface area contributed by atoms with Crippen molar-refractivity contribution in [2.45, 2.75) is 143 Å². The van der Waals surface area contributed by atoms with E-state index in [9.17, 15) is 0 Å². The molecule has 0 radical (unpaired) electrons. The highest BCUT2D eigenvalue weighted by molar-refractivity contribution is 6.74. The van der Waals surface area contributed by atoms with E-state index in [0.29, 0.717) is 0 Å². The molecule has 5 nitrogen and oxygen atoms in total. The Morgan fingerprint density at radius 3 is 2.05 bits per heavy atom. The number of benzene rings is 2. The number of fused-ring (bicyclic) bond motifs is 2. The maximum absolute atomic E-state index is 6.86. The van der Waals surface area contributed by atoms with E-state index in [0.717, 1.165) is 54.8 Å². The van der Waals surface area contributed by atoms with Gasteiger partial charge in [0.25, 0.3) is 8.32 Å². The molecule has 4 rings (SSSR count). The van der Waals surface area contributed by atoms with Crippen molar-refractivity contribution < 1.29 is 9.16 Å². The molecule has 1 aromatic heterocycles. The van der Waals surface area contributed by atoms with E-state index in [1.807, 2.05) is 29.1 Å². The van der Waals surface area contributed by atoms with Crippen molar-refractivity contribution in [3.05, 3.63) is 46.5 Å². The lowest BCUT2D eigenvalue weighted by atomic mass is 9.84. The Balaban J connectivity index is 1.21. The maximum atomic E-state index is 6.86. The third-order valence-electron chi connectivity index (χ3n) is 9.62. The first-order valence-corrected chi connectivity index (χ1v) is 18.5. The largest absolute Gasteiger partial charge is 0.543 e. The molecule has 0 spiro atoms. The van der Waals surface area contributed by atoms with Crippen molar-refractivity contribution >= 4 is 19.4 Å². The summed E-state index contributed by atoms with van der Waals surface area (Å²) in [5, 5.41) is 9.31. The monoisotopic (exact) mass is 563 g/mol. The molecule has 2 heterocycles. The minimum absolute atomic E-state index is 0.0707. The SMILES string of the molecule is Cc1c(C)c2c(c(C)c1O[Si](C)(C)C(C)(C)C)CCC(C)(CCCCCCCCCn1nc3ccccc3n1)O2. The Kier molecular flexibility index (Phi) is 9.38. The lowest BCUT2D eigenvalue weighted by Crippen LogP contribution is -2.44. The third-order valence-corrected chi connectivity index (χ3v) is 13.9. The fourth-order valence-corrected chi connectivity index (χ4v) is 6.78. The second-order valence-corrected chi connectivity index (χ2v) is 18.7. The molecule has 0 saturated carbocycles. The van der Waals surface area contributed by atoms with Gasteiger partial charge in [0.1, 0.15) is 28.1 Å². The lowest BCUT2D eigenvalue weighted by molar-refractivity contribution is 0.0522. The molecule has 0 N–H and O–H groups in total. The number of nitrogens with zero attached hydrogens (tertiary/aromatic N) is 3. The quantitative estimate of drug-likeness (QED) is 0.163. The van der Waals surface area contributed by atoms with Gasteiger partial charge in [0.2, 0.25) is 0 Å². The number of ether oxygens (including phenoxy) is 1. The van der Waals surface area contributed by atoms with E-state index >= 15 is 0 Å². The van der Waals surface area contributed by atoms with Crippen molar-refractivity contribution in [2.75, 3.05) is 0 Å². The van der Waals surface area contributed by atoms with Crippen molar-refractivity contribution in [3.63, 3.8) is 0 Å². The van der Waals surface area contributed by atoms with Crippen molar-refractivity contribution in [2.24, 2.45) is 0 Å². The summed E-state index contributed by atoms with van der Waals surface area (Å²) in [6, 6.07) is 8.10. The molecule has 0 saturated heterocycles. The molecule has 1 atom stereocenters. The van der Waals surface area contributed by atoms with Gasteiger partial charge in [0.05, 0.1) is 6.54 Å². The second kappa shape index (κ2) is 12.3. The normalized spacial score (nSPS) is 17.6. The first kappa shape index (κ1) is 30.6. The van der Waals surface area contributed by atoms with E-state index in [2.05, 4.69) is 71.8 Å². The highest BCUT2D eigenvalue weighted by Crippen LogP contribution is 2.47. The third kappa shape index (κ3) is 6.92. The smallest absolute Gasteiger partial charge is 0.250 e. The fourth-order valence-electron chi connectivity index (χ4n) is 5.66. The Morgan fingerprint density at radius 2 is 1.45 bits per heavy atom. The summed E-state index contributed by atoms with van der Waals surface area (Å²) in [5.41, 5.74) is 7.08. The predicted octanol–water partition coefficient (Wildman–Crippen LogP) is 9.65. The summed E-state index contributed by atoms with van der Waals surface area (Å²) < 4.78 is 13.7. The van der Waals surface area contributed by atoms with Crippen LogP contribution in [0.3, 0.4) is 0 Å². The van der Waals surface area contributed by atoms with Gasteiger partial charge in [-0.2, -0.15) is 15.0 Å². The molecule has 6 heteroatoms. The van der Waals surface area contributed by atoms with E-state index in [4.69, 9.17) is 9.16 Å². The van der Waals surface area contributed by atoms with Crippen molar-refractivity contribution in [1.82, 2.24) is 15.0 Å². The average molecular weight is 564 g/mol. The first-order chi connectivity index (χ1) is 18.8. The van der Waals surface area contributed by atoms with Gasteiger partial charge in [-0.05, 0) is 107 Å². The van der Waals surface area contributed by atoms with Gasteiger partial charge in [-0.25, -0.2) is 0 Å². The molecular weight excluding hydrogens is 510 g/mol. The van der Waals surface area contributed by atoms with Crippen molar-refractivity contribution in [1.29, 1.82) is 0 Å². The topological polar surface area (TPSA) is 49.2 Å². The summed E-state index contributed by atoms with van der Waals surface area (Å²) in [6.07, 6.45) is 12.1. The van der Waals surface area contributed by atoms with Crippen LogP contribution in [0.2, 0.25) is 18.1 Å². The minimum atomic E-state index is -1.91. The first-order valence-electron chi connectivity index (χ1n) is 15.6. The predicted molar refractivity (Wildman–Crippen MR) is 170 cm³/mol. The van der Waals surface area contributed by atoms with Gasteiger partial charge >= 0.3 is 0 Å². The number of unbranched alkanes of at least 4 members (excludes halogenated alkanes) is 6. The molecule has 0 aliphatic carbocycles. The standard InChI is InChI=1S/C34H53N3O2Si/c1-25-26(2)32-28(27(3)31(25)39-40(8,9)33(4,5)6)21-23-34(7,38-32)22-17-13-11-10-12-14-18-24-37-35-29-19-15-16-20-30(29)36-37/h15-16,19-20H,10-14,17-18,21-24H2,1-9H3. The van der Waals surface area contributed by atoms with Gasteiger partial charge in [-0.15, -0.1) is 0 Å². The molecule has 0 fully saturated rings. The number of hydrogen-bond donors (Lipinski definition) is 0. The van der Waals surface area contributed by atoms with Crippen LogP contribution in [0, 0.1) is 20.8 Å². The molecule has 2 aromatic carbocycles. The zero-order valence-corrected chi connectivity index (χ0v) is 27.7.